The minimum Gasteiger partial charge on any atom is -0.465 e. The number of carbonyl (C=O) groups excluding carboxylic acids is 1. The van der Waals surface area contributed by atoms with Gasteiger partial charge in [-0.1, -0.05) is 60.7 Å². The Balaban J connectivity index is 1.98. The van der Waals surface area contributed by atoms with Gasteiger partial charge in [-0.25, -0.2) is 0 Å². The van der Waals surface area contributed by atoms with Crippen LogP contribution >= 0.6 is 0 Å². The number of carbonyl (C=O) groups is 1. The van der Waals surface area contributed by atoms with Crippen LogP contribution in [-0.4, -0.2) is 19.1 Å². The van der Waals surface area contributed by atoms with Crippen molar-refractivity contribution in [1.29, 1.82) is 0 Å². The van der Waals surface area contributed by atoms with Crippen molar-refractivity contribution in [3.8, 4) is 0 Å². The molecule has 2 aromatic carbocycles. The van der Waals surface area contributed by atoms with Crippen molar-refractivity contribution >= 4 is 5.97 Å². The van der Waals surface area contributed by atoms with Crippen LogP contribution < -0.4 is 5.32 Å². The summed E-state index contributed by atoms with van der Waals surface area (Å²) in [6, 6.07) is 19.9. The average Bonchev–Trinajstić information content (AvgIpc) is 2.53. The lowest BCUT2D eigenvalue weighted by molar-refractivity contribution is -0.144. The molecule has 0 aliphatic carbocycles. The van der Waals surface area contributed by atoms with Crippen LogP contribution in [0.4, 0.5) is 0 Å². The highest BCUT2D eigenvalue weighted by atomic mass is 16.5. The van der Waals surface area contributed by atoms with Crippen LogP contribution in [0, 0.1) is 0 Å². The first-order valence-electron chi connectivity index (χ1n) is 7.27. The van der Waals surface area contributed by atoms with Crippen molar-refractivity contribution in [3.63, 3.8) is 0 Å². The van der Waals surface area contributed by atoms with Crippen molar-refractivity contribution in [1.82, 2.24) is 5.32 Å². The lowest BCUT2D eigenvalue weighted by atomic mass is 9.99. The minimum atomic E-state index is -0.269. The third-order valence-corrected chi connectivity index (χ3v) is 3.29. The number of ether oxygens (including phenoxy) is 1. The number of nitrogens with one attached hydrogen (secondary N) is 1. The van der Waals surface area contributed by atoms with Gasteiger partial charge in [0.1, 0.15) is 0 Å². The molecule has 110 valence electrons. The topological polar surface area (TPSA) is 38.3 Å². The summed E-state index contributed by atoms with van der Waals surface area (Å²) in [5.41, 5.74) is 2.18. The molecular formula is C18H21NO2. The molecule has 1 atom stereocenters. The van der Waals surface area contributed by atoms with E-state index in [9.17, 15) is 4.79 Å². The number of hydrogen-bond acceptors (Lipinski definition) is 3. The SMILES string of the molecule is CCOC(=O)[C@@H](CNCc1ccccc1)c1ccccc1. The molecule has 0 heterocycles. The van der Waals surface area contributed by atoms with E-state index >= 15 is 0 Å². The Morgan fingerprint density at radius 3 is 2.29 bits per heavy atom. The maximum Gasteiger partial charge on any atom is 0.314 e. The second kappa shape index (κ2) is 8.22. The zero-order valence-electron chi connectivity index (χ0n) is 12.3. The van der Waals surface area contributed by atoms with E-state index in [4.69, 9.17) is 4.74 Å². The molecule has 0 saturated heterocycles. The van der Waals surface area contributed by atoms with E-state index in [1.165, 1.54) is 5.56 Å². The Kier molecular flexibility index (Phi) is 5.98. The van der Waals surface area contributed by atoms with Gasteiger partial charge in [0.05, 0.1) is 12.5 Å². The Hall–Kier alpha value is -2.13. The van der Waals surface area contributed by atoms with Crippen LogP contribution in [0.15, 0.2) is 60.7 Å². The van der Waals surface area contributed by atoms with E-state index in [-0.39, 0.29) is 11.9 Å². The number of hydrogen-bond donors (Lipinski definition) is 1. The minimum absolute atomic E-state index is 0.177. The summed E-state index contributed by atoms with van der Waals surface area (Å²) in [6.07, 6.45) is 0. The van der Waals surface area contributed by atoms with Crippen molar-refractivity contribution in [3.05, 3.63) is 71.8 Å². The van der Waals surface area contributed by atoms with Gasteiger partial charge in [-0.15, -0.1) is 0 Å². The summed E-state index contributed by atoms with van der Waals surface area (Å²) in [5, 5.41) is 3.34. The van der Waals surface area contributed by atoms with Gasteiger partial charge in [-0.2, -0.15) is 0 Å². The fraction of sp³-hybridized carbons (Fsp3) is 0.278. The van der Waals surface area contributed by atoms with E-state index in [1.54, 1.807) is 0 Å². The van der Waals surface area contributed by atoms with Gasteiger partial charge in [0, 0.05) is 13.1 Å². The number of esters is 1. The van der Waals surface area contributed by atoms with Crippen LogP contribution in [0.5, 0.6) is 0 Å². The van der Waals surface area contributed by atoms with Crippen LogP contribution in [0.2, 0.25) is 0 Å². The van der Waals surface area contributed by atoms with Crippen molar-refractivity contribution in [2.45, 2.75) is 19.4 Å². The quantitative estimate of drug-likeness (QED) is 0.793. The molecule has 3 heteroatoms. The highest BCUT2D eigenvalue weighted by molar-refractivity contribution is 5.78. The van der Waals surface area contributed by atoms with Gasteiger partial charge >= 0.3 is 5.97 Å². The maximum atomic E-state index is 12.1. The van der Waals surface area contributed by atoms with Crippen LogP contribution in [0.25, 0.3) is 0 Å². The molecule has 0 spiro atoms. The molecule has 0 fully saturated rings. The summed E-state index contributed by atoms with van der Waals surface area (Å²) < 4.78 is 5.18. The van der Waals surface area contributed by atoms with Gasteiger partial charge in [-0.3, -0.25) is 4.79 Å². The van der Waals surface area contributed by atoms with Gasteiger partial charge in [0.2, 0.25) is 0 Å². The molecule has 21 heavy (non-hydrogen) atoms. The normalized spacial score (nSPS) is 11.9. The monoisotopic (exact) mass is 283 g/mol. The Labute approximate surface area is 126 Å². The molecule has 0 aromatic heterocycles. The zero-order valence-corrected chi connectivity index (χ0v) is 12.3. The van der Waals surface area contributed by atoms with Crippen molar-refractivity contribution in [2.24, 2.45) is 0 Å². The van der Waals surface area contributed by atoms with Gasteiger partial charge < -0.3 is 10.1 Å². The molecule has 0 aliphatic heterocycles. The average molecular weight is 283 g/mol. The molecule has 2 rings (SSSR count). The maximum absolute atomic E-state index is 12.1. The lowest BCUT2D eigenvalue weighted by Gasteiger charge is -2.16. The third kappa shape index (κ3) is 4.72. The van der Waals surface area contributed by atoms with Crippen LogP contribution in [0.3, 0.4) is 0 Å². The van der Waals surface area contributed by atoms with Gasteiger partial charge in [0.25, 0.3) is 0 Å². The first-order chi connectivity index (χ1) is 10.3. The molecule has 0 amide bonds. The van der Waals surface area contributed by atoms with E-state index in [2.05, 4.69) is 17.4 Å². The highest BCUT2D eigenvalue weighted by Gasteiger charge is 2.21. The molecular weight excluding hydrogens is 262 g/mol. The lowest BCUT2D eigenvalue weighted by Crippen LogP contribution is -2.28. The largest absolute Gasteiger partial charge is 0.465 e. The van der Waals surface area contributed by atoms with E-state index in [0.717, 1.165) is 12.1 Å². The Morgan fingerprint density at radius 2 is 1.67 bits per heavy atom. The molecule has 0 radical (unpaired) electrons. The molecule has 0 saturated carbocycles. The number of benzene rings is 2. The van der Waals surface area contributed by atoms with Crippen LogP contribution in [-0.2, 0) is 16.1 Å². The Morgan fingerprint density at radius 1 is 1.05 bits per heavy atom. The second-order valence-electron chi connectivity index (χ2n) is 4.83. The van der Waals surface area contributed by atoms with Gasteiger partial charge in [0.15, 0.2) is 0 Å². The predicted octanol–water partition coefficient (Wildman–Crippen LogP) is 3.12. The summed E-state index contributed by atoms with van der Waals surface area (Å²) >= 11 is 0. The van der Waals surface area contributed by atoms with Crippen molar-refractivity contribution < 1.29 is 9.53 Å². The molecule has 2 aromatic rings. The number of rotatable bonds is 7. The van der Waals surface area contributed by atoms with E-state index in [1.807, 2.05) is 55.5 Å². The standard InChI is InChI=1S/C18H21NO2/c1-2-21-18(20)17(16-11-7-4-8-12-16)14-19-13-15-9-5-3-6-10-15/h3-12,17,19H,2,13-14H2,1H3/t17-/m0/s1. The molecule has 0 unspecified atom stereocenters. The molecule has 3 nitrogen and oxygen atoms in total. The van der Waals surface area contributed by atoms with Crippen molar-refractivity contribution in [2.75, 3.05) is 13.2 Å². The second-order valence-corrected chi connectivity index (χ2v) is 4.83. The van der Waals surface area contributed by atoms with Crippen LogP contribution in [0.1, 0.15) is 24.0 Å². The summed E-state index contributed by atoms with van der Waals surface area (Å²) in [6.45, 7) is 3.54. The molecule has 0 bridgehead atoms. The fourth-order valence-corrected chi connectivity index (χ4v) is 2.22. The highest BCUT2D eigenvalue weighted by Crippen LogP contribution is 2.16. The third-order valence-electron chi connectivity index (χ3n) is 3.29. The fourth-order valence-electron chi connectivity index (χ4n) is 2.22. The predicted molar refractivity (Wildman–Crippen MR) is 84.0 cm³/mol. The van der Waals surface area contributed by atoms with E-state index in [0.29, 0.717) is 13.2 Å². The smallest absolute Gasteiger partial charge is 0.314 e. The zero-order chi connectivity index (χ0) is 14.9. The summed E-state index contributed by atoms with van der Waals surface area (Å²) in [4.78, 5) is 12.1. The molecule has 1 N–H and O–H groups in total. The first-order valence-corrected chi connectivity index (χ1v) is 7.27. The Bertz CT molecular complexity index is 540. The molecule has 0 aliphatic rings. The summed E-state index contributed by atoms with van der Waals surface area (Å²) in [7, 11) is 0. The van der Waals surface area contributed by atoms with E-state index < -0.39 is 0 Å². The summed E-state index contributed by atoms with van der Waals surface area (Å²) in [5.74, 6) is -0.445. The van der Waals surface area contributed by atoms with Gasteiger partial charge in [-0.05, 0) is 18.1 Å². The first kappa shape index (κ1) is 15.3.